The Bertz CT molecular complexity index is 1450. The van der Waals surface area contributed by atoms with Gasteiger partial charge in [-0.2, -0.15) is 0 Å². The zero-order valence-electron chi connectivity index (χ0n) is 23.8. The fraction of sp³-hybridized carbons (Fsp3) is 0.469. The number of aryl methyl sites for hydroxylation is 2. The van der Waals surface area contributed by atoms with Crippen LogP contribution in [0.5, 0.6) is 5.75 Å². The normalized spacial score (nSPS) is 17.6. The van der Waals surface area contributed by atoms with E-state index >= 15 is 0 Å². The number of fused-ring (bicyclic) bond motifs is 2. The molecule has 1 fully saturated rings. The average Bonchev–Trinajstić information content (AvgIpc) is 2.93. The minimum Gasteiger partial charge on any atom is -0.487 e. The maximum absolute atomic E-state index is 13.3. The highest BCUT2D eigenvalue weighted by Crippen LogP contribution is 2.43. The van der Waals surface area contributed by atoms with Crippen LogP contribution in [0.2, 0.25) is 0 Å². The molecule has 8 nitrogen and oxygen atoms in total. The number of nitrogens with zero attached hydrogens (tertiary/aromatic N) is 1. The number of ether oxygens (including phenoxy) is 2. The number of rotatable bonds is 5. The highest BCUT2D eigenvalue weighted by molar-refractivity contribution is 5.87. The molecule has 8 heteroatoms. The van der Waals surface area contributed by atoms with Gasteiger partial charge < -0.3 is 19.2 Å². The first kappa shape index (κ1) is 27.7. The van der Waals surface area contributed by atoms with Gasteiger partial charge in [-0.1, -0.05) is 43.7 Å². The predicted octanol–water partition coefficient (Wildman–Crippen LogP) is 6.22. The predicted molar refractivity (Wildman–Crippen MR) is 153 cm³/mol. The lowest BCUT2D eigenvalue weighted by molar-refractivity contribution is -0.123. The van der Waals surface area contributed by atoms with Crippen molar-refractivity contribution in [3.05, 3.63) is 70.8 Å². The Kier molecular flexibility index (Phi) is 7.88. The van der Waals surface area contributed by atoms with Crippen LogP contribution in [0, 0.1) is 0 Å². The van der Waals surface area contributed by atoms with Crippen molar-refractivity contribution < 1.29 is 23.5 Å². The van der Waals surface area contributed by atoms with E-state index in [1.165, 1.54) is 24.8 Å². The summed E-state index contributed by atoms with van der Waals surface area (Å²) in [6, 6.07) is 14.0. The summed E-state index contributed by atoms with van der Waals surface area (Å²) in [6.45, 7) is 7.38. The summed E-state index contributed by atoms with van der Waals surface area (Å²) in [5.74, 6) is 0.372. The van der Waals surface area contributed by atoms with Crippen LogP contribution in [-0.4, -0.2) is 23.2 Å². The Morgan fingerprint density at radius 2 is 1.80 bits per heavy atom. The van der Waals surface area contributed by atoms with Crippen LogP contribution in [0.25, 0.3) is 11.0 Å². The summed E-state index contributed by atoms with van der Waals surface area (Å²) < 4.78 is 18.2. The lowest BCUT2D eigenvalue weighted by Crippen LogP contribution is -2.41. The highest BCUT2D eigenvalue weighted by atomic mass is 16.6. The first-order valence-electron chi connectivity index (χ1n) is 14.3. The molecule has 1 saturated carbocycles. The van der Waals surface area contributed by atoms with Crippen LogP contribution in [-0.2, 0) is 22.4 Å². The Balaban J connectivity index is 1.42. The second kappa shape index (κ2) is 11.4. The van der Waals surface area contributed by atoms with Gasteiger partial charge in [-0.05, 0) is 88.5 Å². The quantitative estimate of drug-likeness (QED) is 0.371. The molecule has 0 radical (unpaired) electrons. The third-order valence-electron chi connectivity index (χ3n) is 7.68. The molecule has 3 aromatic rings. The summed E-state index contributed by atoms with van der Waals surface area (Å²) in [5, 5.41) is 7.98. The van der Waals surface area contributed by atoms with E-state index in [2.05, 4.69) is 28.8 Å². The van der Waals surface area contributed by atoms with Gasteiger partial charge in [0.05, 0.1) is 0 Å². The van der Waals surface area contributed by atoms with E-state index in [0.29, 0.717) is 11.1 Å². The fourth-order valence-corrected chi connectivity index (χ4v) is 5.69. The van der Waals surface area contributed by atoms with Gasteiger partial charge in [-0.3, -0.25) is 4.79 Å². The summed E-state index contributed by atoms with van der Waals surface area (Å²) in [7, 11) is 0. The van der Waals surface area contributed by atoms with Gasteiger partial charge in [0.15, 0.2) is 0 Å². The smallest absolute Gasteiger partial charge is 0.408 e. The SMILES string of the molecule is CCc1c/c(=N\NC(=O)[C@@H](NC(=O)OC(C)(C)C)c2ccccc2)oc2cc3c(cc12)CCC1(CCCCC1)O3. The zero-order chi connectivity index (χ0) is 28.3. The third-order valence-corrected chi connectivity index (χ3v) is 7.68. The van der Waals surface area contributed by atoms with Crippen molar-refractivity contribution in [3.8, 4) is 5.75 Å². The average molecular weight is 546 g/mol. The minimum atomic E-state index is -1.00. The molecule has 2 N–H and O–H groups in total. The second-order valence-electron chi connectivity index (χ2n) is 11.8. The van der Waals surface area contributed by atoms with Gasteiger partial charge in [0.25, 0.3) is 5.91 Å². The summed E-state index contributed by atoms with van der Waals surface area (Å²) in [5.41, 5.74) is 5.65. The van der Waals surface area contributed by atoms with Crippen molar-refractivity contribution in [2.24, 2.45) is 5.10 Å². The molecule has 1 spiro atoms. The Morgan fingerprint density at radius 1 is 1.05 bits per heavy atom. The first-order valence-corrected chi connectivity index (χ1v) is 14.3. The molecule has 2 aliphatic rings. The molecule has 1 aromatic heterocycles. The first-order chi connectivity index (χ1) is 19.1. The Hall–Kier alpha value is -3.81. The molecule has 1 aliphatic carbocycles. The molecule has 5 rings (SSSR count). The van der Waals surface area contributed by atoms with Crippen LogP contribution in [0.3, 0.4) is 0 Å². The molecule has 1 aliphatic heterocycles. The van der Waals surface area contributed by atoms with E-state index in [-0.39, 0.29) is 11.2 Å². The van der Waals surface area contributed by atoms with E-state index in [1.54, 1.807) is 45.0 Å². The number of alkyl carbamates (subject to hydrolysis) is 1. The van der Waals surface area contributed by atoms with Gasteiger partial charge in [0.1, 0.15) is 28.6 Å². The molecule has 2 aromatic carbocycles. The lowest BCUT2D eigenvalue weighted by atomic mass is 9.79. The zero-order valence-corrected chi connectivity index (χ0v) is 23.8. The van der Waals surface area contributed by atoms with Crippen molar-refractivity contribution in [1.82, 2.24) is 10.7 Å². The van der Waals surface area contributed by atoms with Crippen LogP contribution < -0.4 is 21.0 Å². The van der Waals surface area contributed by atoms with E-state index in [9.17, 15) is 9.59 Å². The van der Waals surface area contributed by atoms with Crippen LogP contribution >= 0.6 is 0 Å². The Morgan fingerprint density at radius 3 is 2.50 bits per heavy atom. The molecule has 2 heterocycles. The van der Waals surface area contributed by atoms with E-state index in [0.717, 1.165) is 48.8 Å². The summed E-state index contributed by atoms with van der Waals surface area (Å²) >= 11 is 0. The number of benzene rings is 2. The maximum atomic E-state index is 13.3. The number of hydrogen-bond acceptors (Lipinski definition) is 6. The van der Waals surface area contributed by atoms with Crippen LogP contribution in [0.15, 0.2) is 58.0 Å². The van der Waals surface area contributed by atoms with Crippen molar-refractivity contribution in [1.29, 1.82) is 0 Å². The molecule has 40 heavy (non-hydrogen) atoms. The van der Waals surface area contributed by atoms with Crippen molar-refractivity contribution >= 4 is 23.0 Å². The van der Waals surface area contributed by atoms with Gasteiger partial charge in [0, 0.05) is 17.5 Å². The molecule has 2 amide bonds. The second-order valence-corrected chi connectivity index (χ2v) is 11.8. The van der Waals surface area contributed by atoms with Gasteiger partial charge in [-0.25, -0.2) is 10.2 Å². The monoisotopic (exact) mass is 545 g/mol. The maximum Gasteiger partial charge on any atom is 0.408 e. The van der Waals surface area contributed by atoms with Crippen LogP contribution in [0.1, 0.15) is 89.0 Å². The van der Waals surface area contributed by atoms with Crippen molar-refractivity contribution in [2.75, 3.05) is 0 Å². The number of nitrogens with one attached hydrogen (secondary N) is 2. The summed E-state index contributed by atoms with van der Waals surface area (Å²) in [6.07, 6.45) is 8.05. The van der Waals surface area contributed by atoms with Crippen molar-refractivity contribution in [2.45, 2.75) is 96.3 Å². The molecule has 0 bridgehead atoms. The molecule has 212 valence electrons. The van der Waals surface area contributed by atoms with Gasteiger partial charge in [-0.15, -0.1) is 5.10 Å². The standard InChI is InChI=1S/C32H39N3O5/c1-5-21-19-27(34-35-29(36)28(22-12-8-6-9-13-22)33-30(37)40-31(2,3)4)38-26-20-25-23(18-24(21)26)14-17-32(39-25)15-10-7-11-16-32/h6,8-9,12-13,18-20,28H,5,7,10-11,14-17H2,1-4H3,(H,33,37)(H,35,36)/b34-27+/t28-/m0/s1. The summed E-state index contributed by atoms with van der Waals surface area (Å²) in [4.78, 5) is 25.8. The van der Waals surface area contributed by atoms with E-state index in [4.69, 9.17) is 13.9 Å². The Labute approximate surface area is 235 Å². The molecule has 0 unspecified atom stereocenters. The van der Waals surface area contributed by atoms with E-state index in [1.807, 2.05) is 18.2 Å². The number of carbonyl (C=O) groups excluding carboxylic acids is 2. The third kappa shape index (κ3) is 6.32. The minimum absolute atomic E-state index is 0.0595. The molecule has 0 saturated heterocycles. The van der Waals surface area contributed by atoms with Gasteiger partial charge in [0.2, 0.25) is 5.55 Å². The molecular formula is C32H39N3O5. The van der Waals surface area contributed by atoms with Crippen LogP contribution in [0.4, 0.5) is 4.79 Å². The molecule has 1 atom stereocenters. The number of carbonyl (C=O) groups is 2. The highest BCUT2D eigenvalue weighted by Gasteiger charge is 2.37. The van der Waals surface area contributed by atoms with E-state index < -0.39 is 23.6 Å². The number of hydrogen-bond donors (Lipinski definition) is 2. The van der Waals surface area contributed by atoms with Crippen molar-refractivity contribution in [3.63, 3.8) is 0 Å². The largest absolute Gasteiger partial charge is 0.487 e. The topological polar surface area (TPSA) is 102 Å². The lowest BCUT2D eigenvalue weighted by Gasteiger charge is -2.41. The number of amides is 2. The van der Waals surface area contributed by atoms with Gasteiger partial charge >= 0.3 is 6.09 Å². The molecular weight excluding hydrogens is 506 g/mol. The fourth-order valence-electron chi connectivity index (χ4n) is 5.69.